The smallest absolute Gasteiger partial charge is 0.228 e. The molecule has 6 heteroatoms. The number of nitrogens with one attached hydrogen (secondary N) is 1. The fourth-order valence-electron chi connectivity index (χ4n) is 1.14. The minimum absolute atomic E-state index is 0. The standard InChI is InChI=1S/C10H17N3O2.ClH/c1-5(6(2)11)10(14)12-9-7(3)13-15-8(9)4;/h5-6H,11H2,1-4H3,(H,12,14);1H. The highest BCUT2D eigenvalue weighted by Gasteiger charge is 2.19. The highest BCUT2D eigenvalue weighted by Crippen LogP contribution is 2.19. The molecule has 16 heavy (non-hydrogen) atoms. The lowest BCUT2D eigenvalue weighted by molar-refractivity contribution is -0.119. The molecule has 1 heterocycles. The van der Waals surface area contributed by atoms with Crippen LogP contribution in [0, 0.1) is 19.8 Å². The molecule has 0 aliphatic heterocycles. The number of amides is 1. The van der Waals surface area contributed by atoms with Gasteiger partial charge >= 0.3 is 0 Å². The Balaban J connectivity index is 0.00000225. The number of rotatable bonds is 3. The second-order valence-corrected chi connectivity index (χ2v) is 3.84. The number of hydrogen-bond donors (Lipinski definition) is 2. The highest BCUT2D eigenvalue weighted by atomic mass is 35.5. The number of anilines is 1. The zero-order chi connectivity index (χ0) is 11.6. The van der Waals surface area contributed by atoms with E-state index in [0.717, 1.165) is 0 Å². The van der Waals surface area contributed by atoms with Crippen molar-refractivity contribution in [2.75, 3.05) is 5.32 Å². The minimum Gasteiger partial charge on any atom is -0.359 e. The average Bonchev–Trinajstić information content (AvgIpc) is 2.47. The molecule has 1 aromatic rings. The maximum absolute atomic E-state index is 11.7. The van der Waals surface area contributed by atoms with Gasteiger partial charge in [-0.05, 0) is 20.8 Å². The Morgan fingerprint density at radius 1 is 1.44 bits per heavy atom. The quantitative estimate of drug-likeness (QED) is 0.851. The number of carbonyl (C=O) groups excluding carboxylic acids is 1. The molecule has 0 aromatic carbocycles. The van der Waals surface area contributed by atoms with E-state index in [1.807, 2.05) is 0 Å². The Bertz CT molecular complexity index is 343. The molecule has 92 valence electrons. The van der Waals surface area contributed by atoms with Gasteiger partial charge in [0.25, 0.3) is 0 Å². The van der Waals surface area contributed by atoms with Gasteiger partial charge in [-0.1, -0.05) is 12.1 Å². The Morgan fingerprint density at radius 2 is 2.00 bits per heavy atom. The maximum atomic E-state index is 11.7. The van der Waals surface area contributed by atoms with Crippen LogP contribution >= 0.6 is 12.4 Å². The van der Waals surface area contributed by atoms with Gasteiger partial charge in [-0.3, -0.25) is 4.79 Å². The fourth-order valence-corrected chi connectivity index (χ4v) is 1.14. The zero-order valence-corrected chi connectivity index (χ0v) is 10.7. The summed E-state index contributed by atoms with van der Waals surface area (Å²) in [6.45, 7) is 7.13. The van der Waals surface area contributed by atoms with Gasteiger partial charge in [0.15, 0.2) is 5.76 Å². The van der Waals surface area contributed by atoms with Crippen LogP contribution in [-0.2, 0) is 4.79 Å². The third kappa shape index (κ3) is 3.21. The average molecular weight is 248 g/mol. The topological polar surface area (TPSA) is 81.2 Å². The van der Waals surface area contributed by atoms with Gasteiger partial charge in [0.2, 0.25) is 5.91 Å². The van der Waals surface area contributed by atoms with Crippen molar-refractivity contribution in [3.63, 3.8) is 0 Å². The molecule has 2 unspecified atom stereocenters. The number of aryl methyl sites for hydroxylation is 2. The number of nitrogens with two attached hydrogens (primary N) is 1. The number of carbonyl (C=O) groups is 1. The van der Waals surface area contributed by atoms with E-state index < -0.39 is 0 Å². The maximum Gasteiger partial charge on any atom is 0.228 e. The molecule has 2 atom stereocenters. The van der Waals surface area contributed by atoms with Crippen molar-refractivity contribution < 1.29 is 9.32 Å². The van der Waals surface area contributed by atoms with Crippen LogP contribution in [0.15, 0.2) is 4.52 Å². The van der Waals surface area contributed by atoms with E-state index >= 15 is 0 Å². The summed E-state index contributed by atoms with van der Waals surface area (Å²) >= 11 is 0. The van der Waals surface area contributed by atoms with Crippen molar-refractivity contribution in [2.24, 2.45) is 11.7 Å². The normalized spacial score (nSPS) is 13.8. The molecule has 1 rings (SSSR count). The van der Waals surface area contributed by atoms with Crippen LogP contribution in [0.1, 0.15) is 25.3 Å². The van der Waals surface area contributed by atoms with E-state index in [1.165, 1.54) is 0 Å². The second kappa shape index (κ2) is 5.86. The molecule has 0 fully saturated rings. The Hall–Kier alpha value is -1.07. The SMILES string of the molecule is Cc1noc(C)c1NC(=O)C(C)C(C)N.Cl. The molecule has 0 aliphatic carbocycles. The predicted molar refractivity (Wildman–Crippen MR) is 64.7 cm³/mol. The first kappa shape index (κ1) is 14.9. The summed E-state index contributed by atoms with van der Waals surface area (Å²) in [5.41, 5.74) is 6.97. The first-order chi connectivity index (χ1) is 6.93. The summed E-state index contributed by atoms with van der Waals surface area (Å²) < 4.78 is 4.94. The van der Waals surface area contributed by atoms with Gasteiger partial charge in [0, 0.05) is 6.04 Å². The molecule has 5 nitrogen and oxygen atoms in total. The number of aromatic nitrogens is 1. The van der Waals surface area contributed by atoms with E-state index in [2.05, 4.69) is 10.5 Å². The molecule has 3 N–H and O–H groups in total. The van der Waals surface area contributed by atoms with Crippen LogP contribution in [-0.4, -0.2) is 17.1 Å². The van der Waals surface area contributed by atoms with Crippen molar-refractivity contribution in [3.05, 3.63) is 11.5 Å². The zero-order valence-electron chi connectivity index (χ0n) is 9.90. The summed E-state index contributed by atoms with van der Waals surface area (Å²) in [7, 11) is 0. The molecule has 0 saturated carbocycles. The van der Waals surface area contributed by atoms with E-state index in [9.17, 15) is 4.79 Å². The lowest BCUT2D eigenvalue weighted by Crippen LogP contribution is -2.34. The van der Waals surface area contributed by atoms with Gasteiger partial charge in [-0.2, -0.15) is 0 Å². The lowest BCUT2D eigenvalue weighted by atomic mass is 10.0. The molecule has 1 amide bonds. The van der Waals surface area contributed by atoms with E-state index in [1.54, 1.807) is 27.7 Å². The summed E-state index contributed by atoms with van der Waals surface area (Å²) in [5.74, 6) is 0.260. The predicted octanol–water partition coefficient (Wildman–Crippen LogP) is 1.64. The Labute approximate surface area is 101 Å². The van der Waals surface area contributed by atoms with Gasteiger partial charge in [0.05, 0.1) is 5.92 Å². The summed E-state index contributed by atoms with van der Waals surface area (Å²) in [5, 5.41) is 6.52. The molecule has 0 spiro atoms. The van der Waals surface area contributed by atoms with Crippen LogP contribution in [0.5, 0.6) is 0 Å². The lowest BCUT2D eigenvalue weighted by Gasteiger charge is -2.14. The molecule has 0 radical (unpaired) electrons. The Kier molecular flexibility index (Phi) is 5.47. The van der Waals surface area contributed by atoms with E-state index in [-0.39, 0.29) is 30.3 Å². The summed E-state index contributed by atoms with van der Waals surface area (Å²) in [4.78, 5) is 11.7. The monoisotopic (exact) mass is 247 g/mol. The van der Waals surface area contributed by atoms with E-state index in [0.29, 0.717) is 17.1 Å². The van der Waals surface area contributed by atoms with Crippen molar-refractivity contribution >= 4 is 24.0 Å². The first-order valence-electron chi connectivity index (χ1n) is 4.92. The summed E-state index contributed by atoms with van der Waals surface area (Å²) in [6, 6.07) is -0.175. The van der Waals surface area contributed by atoms with Gasteiger partial charge in [-0.25, -0.2) is 0 Å². The minimum atomic E-state index is -0.237. The highest BCUT2D eigenvalue weighted by molar-refractivity contribution is 5.93. The molecule has 0 saturated heterocycles. The van der Waals surface area contributed by atoms with Crippen molar-refractivity contribution in [3.8, 4) is 0 Å². The fraction of sp³-hybridized carbons (Fsp3) is 0.600. The Morgan fingerprint density at radius 3 is 2.38 bits per heavy atom. The number of nitrogens with zero attached hydrogens (tertiary/aromatic N) is 1. The third-order valence-electron chi connectivity index (χ3n) is 2.48. The second-order valence-electron chi connectivity index (χ2n) is 3.84. The van der Waals surface area contributed by atoms with Gasteiger partial charge < -0.3 is 15.6 Å². The van der Waals surface area contributed by atoms with Crippen LogP contribution in [0.3, 0.4) is 0 Å². The van der Waals surface area contributed by atoms with Crippen molar-refractivity contribution in [2.45, 2.75) is 33.7 Å². The molecular formula is C10H18ClN3O2. The van der Waals surface area contributed by atoms with Crippen LogP contribution in [0.4, 0.5) is 5.69 Å². The van der Waals surface area contributed by atoms with Crippen LogP contribution in [0.25, 0.3) is 0 Å². The molecular weight excluding hydrogens is 230 g/mol. The van der Waals surface area contributed by atoms with Gasteiger partial charge in [0.1, 0.15) is 11.4 Å². The third-order valence-corrected chi connectivity index (χ3v) is 2.48. The number of halogens is 1. The van der Waals surface area contributed by atoms with Gasteiger partial charge in [-0.15, -0.1) is 12.4 Å². The van der Waals surface area contributed by atoms with Crippen molar-refractivity contribution in [1.29, 1.82) is 0 Å². The molecule has 1 aromatic heterocycles. The summed E-state index contributed by atoms with van der Waals surface area (Å²) in [6.07, 6.45) is 0. The largest absolute Gasteiger partial charge is 0.359 e. The van der Waals surface area contributed by atoms with Crippen LogP contribution in [0.2, 0.25) is 0 Å². The van der Waals surface area contributed by atoms with Crippen molar-refractivity contribution in [1.82, 2.24) is 5.16 Å². The van der Waals surface area contributed by atoms with E-state index in [4.69, 9.17) is 10.3 Å². The first-order valence-corrected chi connectivity index (χ1v) is 4.92. The molecule has 0 bridgehead atoms. The molecule has 0 aliphatic rings. The van der Waals surface area contributed by atoms with Crippen LogP contribution < -0.4 is 11.1 Å². The number of hydrogen-bond acceptors (Lipinski definition) is 4.